The smallest absolute Gasteiger partial charge is 0.241 e. The second-order valence-corrected chi connectivity index (χ2v) is 7.61. The highest BCUT2D eigenvalue weighted by Gasteiger charge is 2.23. The van der Waals surface area contributed by atoms with Crippen molar-refractivity contribution < 1.29 is 8.42 Å². The van der Waals surface area contributed by atoms with E-state index in [4.69, 9.17) is 0 Å². The first-order valence-electron chi connectivity index (χ1n) is 7.86. The summed E-state index contributed by atoms with van der Waals surface area (Å²) in [5, 5.41) is 3.38. The first kappa shape index (κ1) is 16.5. The molecule has 0 saturated heterocycles. The summed E-state index contributed by atoms with van der Waals surface area (Å²) >= 11 is 0. The van der Waals surface area contributed by atoms with Crippen molar-refractivity contribution in [3.05, 3.63) is 29.8 Å². The van der Waals surface area contributed by atoms with E-state index in [0.717, 1.165) is 24.8 Å². The Hall–Kier alpha value is -0.910. The van der Waals surface area contributed by atoms with E-state index in [1.165, 1.54) is 12.8 Å². The van der Waals surface area contributed by atoms with E-state index >= 15 is 0 Å². The second-order valence-electron chi connectivity index (χ2n) is 5.93. The third-order valence-corrected chi connectivity index (χ3v) is 5.46. The van der Waals surface area contributed by atoms with Crippen LogP contribution in [0.15, 0.2) is 29.2 Å². The Balaban J connectivity index is 2.06. The van der Waals surface area contributed by atoms with Crippen molar-refractivity contribution in [2.75, 3.05) is 0 Å². The molecule has 118 valence electrons. The van der Waals surface area contributed by atoms with Crippen molar-refractivity contribution in [1.82, 2.24) is 10.0 Å². The van der Waals surface area contributed by atoms with E-state index in [-0.39, 0.29) is 6.04 Å². The third-order valence-electron chi connectivity index (χ3n) is 3.77. The van der Waals surface area contributed by atoms with Crippen LogP contribution < -0.4 is 10.0 Å². The summed E-state index contributed by atoms with van der Waals surface area (Å²) in [6, 6.07) is 7.80. The monoisotopic (exact) mass is 310 g/mol. The van der Waals surface area contributed by atoms with Gasteiger partial charge in [0.05, 0.1) is 4.90 Å². The van der Waals surface area contributed by atoms with Gasteiger partial charge in [-0.1, -0.05) is 38.0 Å². The normalized spacial score (nSPS) is 16.9. The van der Waals surface area contributed by atoms with Crippen molar-refractivity contribution in [1.29, 1.82) is 0 Å². The molecule has 0 aromatic heterocycles. The van der Waals surface area contributed by atoms with Crippen LogP contribution in [0.2, 0.25) is 0 Å². The van der Waals surface area contributed by atoms with Crippen molar-refractivity contribution >= 4 is 10.0 Å². The van der Waals surface area contributed by atoms with Crippen LogP contribution in [0.1, 0.15) is 51.5 Å². The lowest BCUT2D eigenvalue weighted by Gasteiger charge is -2.16. The number of unbranched alkanes of at least 4 members (excludes halogenated alkanes) is 1. The van der Waals surface area contributed by atoms with E-state index in [0.29, 0.717) is 17.5 Å². The average molecular weight is 310 g/mol. The Bertz CT molecular complexity index is 553. The van der Waals surface area contributed by atoms with Gasteiger partial charge in [-0.15, -0.1) is 0 Å². The summed E-state index contributed by atoms with van der Waals surface area (Å²) in [6.07, 6.45) is 5.38. The molecule has 1 fully saturated rings. The number of benzene rings is 1. The summed E-state index contributed by atoms with van der Waals surface area (Å²) in [4.78, 5) is 0.404. The van der Waals surface area contributed by atoms with Gasteiger partial charge in [0.25, 0.3) is 0 Å². The molecule has 1 saturated carbocycles. The maximum Gasteiger partial charge on any atom is 0.241 e. The van der Waals surface area contributed by atoms with Crippen molar-refractivity contribution in [3.8, 4) is 0 Å². The zero-order chi connectivity index (χ0) is 15.3. The van der Waals surface area contributed by atoms with Gasteiger partial charge in [0.15, 0.2) is 0 Å². The molecule has 1 aliphatic rings. The minimum Gasteiger partial charge on any atom is -0.310 e. The number of hydrogen-bond acceptors (Lipinski definition) is 3. The van der Waals surface area contributed by atoms with Gasteiger partial charge in [-0.05, 0) is 37.8 Å². The summed E-state index contributed by atoms with van der Waals surface area (Å²) in [5.74, 6) is 0. The third kappa shape index (κ3) is 5.09. The predicted molar refractivity (Wildman–Crippen MR) is 85.6 cm³/mol. The number of rotatable bonds is 9. The average Bonchev–Trinajstić information content (AvgIpc) is 3.27. The Labute approximate surface area is 128 Å². The van der Waals surface area contributed by atoms with Crippen molar-refractivity contribution in [3.63, 3.8) is 0 Å². The lowest BCUT2D eigenvalue weighted by atomic mass is 10.2. The molecule has 1 atom stereocenters. The molecule has 21 heavy (non-hydrogen) atoms. The molecule has 1 unspecified atom stereocenters. The lowest BCUT2D eigenvalue weighted by Crippen LogP contribution is -2.33. The van der Waals surface area contributed by atoms with Crippen LogP contribution in [0, 0.1) is 0 Å². The first-order valence-corrected chi connectivity index (χ1v) is 9.35. The second kappa shape index (κ2) is 7.38. The minimum absolute atomic E-state index is 0.0283. The van der Waals surface area contributed by atoms with Crippen LogP contribution >= 0.6 is 0 Å². The van der Waals surface area contributed by atoms with Gasteiger partial charge in [-0.2, -0.15) is 0 Å². The van der Waals surface area contributed by atoms with Crippen LogP contribution in [-0.4, -0.2) is 20.5 Å². The summed E-state index contributed by atoms with van der Waals surface area (Å²) in [7, 11) is -3.44. The molecule has 0 aliphatic heterocycles. The molecule has 0 heterocycles. The molecular weight excluding hydrogens is 284 g/mol. The maximum atomic E-state index is 12.5. The molecule has 0 bridgehead atoms. The molecule has 0 amide bonds. The SMILES string of the molecule is CCCCC(C)NS(=O)(=O)c1ccccc1CNC1CC1. The Morgan fingerprint density at radius 2 is 2.00 bits per heavy atom. The molecule has 5 heteroatoms. The van der Waals surface area contributed by atoms with Gasteiger partial charge in [0.1, 0.15) is 0 Å². The fourth-order valence-electron chi connectivity index (χ4n) is 2.35. The van der Waals surface area contributed by atoms with Gasteiger partial charge in [0, 0.05) is 18.6 Å². The van der Waals surface area contributed by atoms with Gasteiger partial charge >= 0.3 is 0 Å². The Morgan fingerprint density at radius 3 is 2.67 bits per heavy atom. The molecule has 0 radical (unpaired) electrons. The van der Waals surface area contributed by atoms with Gasteiger partial charge < -0.3 is 5.32 Å². The topological polar surface area (TPSA) is 58.2 Å². The summed E-state index contributed by atoms with van der Waals surface area (Å²) < 4.78 is 27.9. The number of sulfonamides is 1. The largest absolute Gasteiger partial charge is 0.310 e. The van der Waals surface area contributed by atoms with Crippen LogP contribution in [0.4, 0.5) is 0 Å². The van der Waals surface area contributed by atoms with E-state index in [2.05, 4.69) is 17.0 Å². The van der Waals surface area contributed by atoms with Crippen LogP contribution in [0.3, 0.4) is 0 Å². The van der Waals surface area contributed by atoms with E-state index < -0.39 is 10.0 Å². The van der Waals surface area contributed by atoms with E-state index in [1.807, 2.05) is 19.1 Å². The molecule has 1 aliphatic carbocycles. The Kier molecular flexibility index (Phi) is 5.79. The molecule has 2 N–H and O–H groups in total. The van der Waals surface area contributed by atoms with Crippen molar-refractivity contribution in [2.45, 2.75) is 69.5 Å². The van der Waals surface area contributed by atoms with Gasteiger partial charge in [0.2, 0.25) is 10.0 Å². The summed E-state index contributed by atoms with van der Waals surface area (Å²) in [6.45, 7) is 4.66. The highest BCUT2D eigenvalue weighted by molar-refractivity contribution is 7.89. The molecule has 1 aromatic rings. The standard InChI is InChI=1S/C16H26N2O2S/c1-3-4-7-13(2)18-21(19,20)16-9-6-5-8-14(16)12-17-15-10-11-15/h5-6,8-9,13,15,17-18H,3-4,7,10-12H2,1-2H3. The lowest BCUT2D eigenvalue weighted by molar-refractivity contribution is 0.532. The van der Waals surface area contributed by atoms with Gasteiger partial charge in [-0.3, -0.25) is 0 Å². The highest BCUT2D eigenvalue weighted by Crippen LogP contribution is 2.21. The molecule has 1 aromatic carbocycles. The summed E-state index contributed by atoms with van der Waals surface area (Å²) in [5.41, 5.74) is 0.847. The first-order chi connectivity index (χ1) is 10.0. The van der Waals surface area contributed by atoms with E-state index in [1.54, 1.807) is 12.1 Å². The van der Waals surface area contributed by atoms with Crippen LogP contribution in [-0.2, 0) is 16.6 Å². The van der Waals surface area contributed by atoms with E-state index in [9.17, 15) is 8.42 Å². The fourth-order valence-corrected chi connectivity index (χ4v) is 3.87. The zero-order valence-electron chi connectivity index (χ0n) is 12.9. The minimum atomic E-state index is -3.44. The fraction of sp³-hybridized carbons (Fsp3) is 0.625. The zero-order valence-corrected chi connectivity index (χ0v) is 13.7. The number of nitrogens with one attached hydrogen (secondary N) is 2. The maximum absolute atomic E-state index is 12.5. The van der Waals surface area contributed by atoms with Crippen LogP contribution in [0.25, 0.3) is 0 Å². The van der Waals surface area contributed by atoms with Gasteiger partial charge in [-0.25, -0.2) is 13.1 Å². The van der Waals surface area contributed by atoms with Crippen molar-refractivity contribution in [2.24, 2.45) is 0 Å². The molecular formula is C16H26N2O2S. The quantitative estimate of drug-likeness (QED) is 0.737. The number of hydrogen-bond donors (Lipinski definition) is 2. The Morgan fingerprint density at radius 1 is 1.29 bits per heavy atom. The molecule has 2 rings (SSSR count). The molecule has 0 spiro atoms. The highest BCUT2D eigenvalue weighted by atomic mass is 32.2. The predicted octanol–water partition coefficient (Wildman–Crippen LogP) is 2.80. The molecule has 4 nitrogen and oxygen atoms in total. The van der Waals surface area contributed by atoms with Crippen LogP contribution in [0.5, 0.6) is 0 Å².